The summed E-state index contributed by atoms with van der Waals surface area (Å²) in [7, 11) is 0. The zero-order valence-corrected chi connectivity index (χ0v) is 68.2. The molecule has 0 N–H and O–H groups in total. The first kappa shape index (κ1) is 68.6. The Labute approximate surface area is 701 Å². The molecular formula is C111H72N6S3. The molecule has 9 aromatic heterocycles. The maximum absolute atomic E-state index is 2.49. The van der Waals surface area contributed by atoms with Crippen LogP contribution in [0.15, 0.2) is 382 Å². The molecule has 0 radical (unpaired) electrons. The number of benzene rings is 18. The van der Waals surface area contributed by atoms with Gasteiger partial charge in [0.25, 0.3) is 0 Å². The van der Waals surface area contributed by atoms with Crippen molar-refractivity contribution in [3.05, 3.63) is 399 Å². The van der Waals surface area contributed by atoms with Crippen LogP contribution in [0.4, 0.5) is 0 Å². The van der Waals surface area contributed by atoms with Crippen molar-refractivity contribution in [3.8, 4) is 34.1 Å². The van der Waals surface area contributed by atoms with Crippen molar-refractivity contribution in [1.82, 2.24) is 27.4 Å². The van der Waals surface area contributed by atoms with Crippen molar-refractivity contribution in [2.45, 2.75) is 20.8 Å². The number of rotatable bonds is 6. The van der Waals surface area contributed by atoms with Gasteiger partial charge in [0.15, 0.2) is 0 Å². The molecule has 9 heteroatoms. The van der Waals surface area contributed by atoms with Crippen LogP contribution in [0.25, 0.3) is 225 Å². The first-order chi connectivity index (χ1) is 59.3. The summed E-state index contributed by atoms with van der Waals surface area (Å²) >= 11 is 5.63. The fraction of sp³-hybridized carbons (Fsp3) is 0.0270. The Bertz CT molecular complexity index is 8990. The zero-order chi connectivity index (χ0) is 79.1. The molecule has 120 heavy (non-hydrogen) atoms. The topological polar surface area (TPSA) is 29.6 Å². The van der Waals surface area contributed by atoms with Crippen molar-refractivity contribution in [1.29, 1.82) is 0 Å². The molecule has 0 aliphatic rings. The Morgan fingerprint density at radius 2 is 0.425 bits per heavy atom. The van der Waals surface area contributed by atoms with Crippen molar-refractivity contribution < 1.29 is 0 Å². The molecule has 9 heterocycles. The van der Waals surface area contributed by atoms with E-state index in [1.54, 1.807) is 0 Å². The molecule has 0 unspecified atom stereocenters. The third kappa shape index (κ3) is 10.2. The number of hydrogen-bond acceptors (Lipinski definition) is 3. The first-order valence-electron chi connectivity index (χ1n) is 41.1. The molecule has 0 amide bonds. The Morgan fingerprint density at radius 3 is 0.817 bits per heavy atom. The van der Waals surface area contributed by atoms with Crippen LogP contribution in [-0.2, 0) is 0 Å². The predicted molar refractivity (Wildman–Crippen MR) is 518 cm³/mol. The minimum Gasteiger partial charge on any atom is -0.309 e. The summed E-state index contributed by atoms with van der Waals surface area (Å²) in [5, 5.41) is 23.5. The number of hydrogen-bond donors (Lipinski definition) is 0. The van der Waals surface area contributed by atoms with Gasteiger partial charge in [0.2, 0.25) is 0 Å². The van der Waals surface area contributed by atoms with E-state index in [1.165, 1.54) is 242 Å². The van der Waals surface area contributed by atoms with Crippen molar-refractivity contribution >= 4 is 225 Å². The highest BCUT2D eigenvalue weighted by atomic mass is 32.1. The molecule has 27 rings (SSSR count). The summed E-state index contributed by atoms with van der Waals surface area (Å²) in [6, 6.07) is 140. The minimum atomic E-state index is 1.20. The lowest BCUT2D eigenvalue weighted by Crippen LogP contribution is -1.95. The summed E-state index contributed by atoms with van der Waals surface area (Å²) < 4.78 is 22.6. The zero-order valence-electron chi connectivity index (χ0n) is 65.8. The normalized spacial score (nSPS) is 12.1. The van der Waals surface area contributed by atoms with Crippen LogP contribution in [0, 0.1) is 20.8 Å². The van der Waals surface area contributed by atoms with E-state index in [4.69, 9.17) is 0 Å². The minimum absolute atomic E-state index is 1.20. The number of para-hydroxylation sites is 6. The summed E-state index contributed by atoms with van der Waals surface area (Å²) in [4.78, 5) is 0. The predicted octanol–water partition coefficient (Wildman–Crippen LogP) is 31.7. The van der Waals surface area contributed by atoms with E-state index in [-0.39, 0.29) is 0 Å². The Balaban J connectivity index is 0.0000000997. The fourth-order valence-corrected chi connectivity index (χ4v) is 23.6. The van der Waals surface area contributed by atoms with Gasteiger partial charge in [0.05, 0.1) is 76.6 Å². The van der Waals surface area contributed by atoms with Crippen LogP contribution < -0.4 is 0 Å². The standard InChI is InChI=1S/3C37H24N2S/c1-23-10-8-11-24(22-23)38-29-16-5-2-13-27(29)35-31(38)20-21-32-36(35)28-14-3-6-17-30(28)39(32)33-18-9-15-26-25-12-4-7-19-34(25)40-37(26)33;1-23-9-8-10-24(21-23)38-30-14-5-2-12-27(30)36-32(38)18-19-33-37(36)28-13-3-6-15-31(28)39(33)25-17-20-35-29(22-25)26-11-4-7-16-34(26)40-35;1-23-9-8-10-24(21-23)38-30-14-5-2-12-28(30)36-32(38)19-20-33-37(36)29-13-3-6-15-31(29)39(33)25-17-18-27-26-11-4-7-16-34(26)40-35(27)22-25/h3*2-22H,1H3. The number of nitrogens with zero attached hydrogens (tertiary/aromatic N) is 6. The maximum atomic E-state index is 2.49. The van der Waals surface area contributed by atoms with Gasteiger partial charge < -0.3 is 27.4 Å². The van der Waals surface area contributed by atoms with E-state index >= 15 is 0 Å². The van der Waals surface area contributed by atoms with Crippen LogP contribution in [0.2, 0.25) is 0 Å². The monoisotopic (exact) mass is 1580 g/mol. The number of thiophene rings is 3. The van der Waals surface area contributed by atoms with Crippen LogP contribution in [0.3, 0.4) is 0 Å². The van der Waals surface area contributed by atoms with Crippen LogP contribution in [-0.4, -0.2) is 27.4 Å². The van der Waals surface area contributed by atoms with Crippen LogP contribution >= 0.6 is 34.0 Å². The highest BCUT2D eigenvalue weighted by molar-refractivity contribution is 7.26. The highest BCUT2D eigenvalue weighted by Crippen LogP contribution is 2.50. The molecule has 18 aromatic carbocycles. The molecule has 27 aromatic rings. The molecule has 0 atom stereocenters. The van der Waals surface area contributed by atoms with Crippen molar-refractivity contribution in [2.75, 3.05) is 0 Å². The van der Waals surface area contributed by atoms with E-state index in [0.717, 1.165) is 0 Å². The Kier molecular flexibility index (Phi) is 15.3. The van der Waals surface area contributed by atoms with E-state index in [1.807, 2.05) is 34.0 Å². The summed E-state index contributed by atoms with van der Waals surface area (Å²) in [5.41, 5.74) is 25.9. The molecule has 0 aliphatic carbocycles. The molecule has 0 aliphatic heterocycles. The van der Waals surface area contributed by atoms with Gasteiger partial charge in [-0.1, -0.05) is 218 Å². The third-order valence-corrected chi connectivity index (χ3v) is 28.6. The summed E-state index contributed by atoms with van der Waals surface area (Å²) in [5.74, 6) is 0. The molecule has 0 spiro atoms. The second-order valence-electron chi connectivity index (χ2n) is 32.0. The molecule has 0 saturated heterocycles. The van der Waals surface area contributed by atoms with Gasteiger partial charge in [-0.05, 0) is 201 Å². The first-order valence-corrected chi connectivity index (χ1v) is 43.6. The maximum Gasteiger partial charge on any atom is 0.0640 e. The molecule has 0 bridgehead atoms. The van der Waals surface area contributed by atoms with E-state index in [9.17, 15) is 0 Å². The average Bonchev–Trinajstić information content (AvgIpc) is 1.55. The van der Waals surface area contributed by atoms with Gasteiger partial charge in [-0.15, -0.1) is 34.0 Å². The third-order valence-electron chi connectivity index (χ3n) is 25.1. The molecular weight excluding hydrogens is 1510 g/mol. The van der Waals surface area contributed by atoms with E-state index in [0.29, 0.717) is 0 Å². The molecule has 564 valence electrons. The number of aryl methyl sites for hydroxylation is 3. The lowest BCUT2D eigenvalue weighted by molar-refractivity contribution is 1.17. The molecule has 0 saturated carbocycles. The Morgan fingerprint density at radius 1 is 0.158 bits per heavy atom. The molecule has 6 nitrogen and oxygen atoms in total. The smallest absolute Gasteiger partial charge is 0.0640 e. The number of aromatic nitrogens is 6. The largest absolute Gasteiger partial charge is 0.309 e. The lowest BCUT2D eigenvalue weighted by Gasteiger charge is -2.10. The fourth-order valence-electron chi connectivity index (χ4n) is 20.1. The second kappa shape index (κ2) is 26.7. The number of fused-ring (bicyclic) bond motifs is 30. The summed E-state index contributed by atoms with van der Waals surface area (Å²) in [6.07, 6.45) is 0. The van der Waals surface area contributed by atoms with Gasteiger partial charge in [-0.2, -0.15) is 0 Å². The van der Waals surface area contributed by atoms with Gasteiger partial charge in [0.1, 0.15) is 0 Å². The van der Waals surface area contributed by atoms with Crippen molar-refractivity contribution in [3.63, 3.8) is 0 Å². The van der Waals surface area contributed by atoms with Gasteiger partial charge in [-0.3, -0.25) is 0 Å². The van der Waals surface area contributed by atoms with Crippen molar-refractivity contribution in [2.24, 2.45) is 0 Å². The highest BCUT2D eigenvalue weighted by Gasteiger charge is 2.27. The summed E-state index contributed by atoms with van der Waals surface area (Å²) in [6.45, 7) is 6.49. The SMILES string of the molecule is Cc1cccc(-n2c3ccccc3c3c4c5ccccc5n(-c5ccc6c(c5)sc5ccccc56)c4ccc32)c1.Cc1cccc(-n2c3ccccc3c3c4c5ccccc5n(-c5ccc6sc7ccccc7c6c5)c4ccc32)c1.Cc1cccc(-n2c3ccccc3c3c4c5ccccc5n(-c5cccc6c5sc5ccccc56)c4ccc32)c1. The van der Waals surface area contributed by atoms with Gasteiger partial charge in [0, 0.05) is 149 Å². The lowest BCUT2D eigenvalue weighted by atomic mass is 10.1. The quantitative estimate of drug-likeness (QED) is 0.159. The van der Waals surface area contributed by atoms with Gasteiger partial charge in [-0.25, -0.2) is 0 Å². The molecule has 0 fully saturated rings. The van der Waals surface area contributed by atoms with Gasteiger partial charge >= 0.3 is 0 Å². The van der Waals surface area contributed by atoms with E-state index < -0.39 is 0 Å². The van der Waals surface area contributed by atoms with E-state index in [2.05, 4.69) is 430 Å². The Hall–Kier alpha value is -14.6. The second-order valence-corrected chi connectivity index (χ2v) is 35.2. The van der Waals surface area contributed by atoms with Crippen LogP contribution in [0.5, 0.6) is 0 Å². The average molecular weight is 1590 g/mol. The van der Waals surface area contributed by atoms with Crippen LogP contribution in [0.1, 0.15) is 16.7 Å².